The van der Waals surface area contributed by atoms with Gasteiger partial charge in [0.1, 0.15) is 11.4 Å². The van der Waals surface area contributed by atoms with E-state index in [9.17, 15) is 5.11 Å². The molecular weight excluding hydrogens is 238 g/mol. The number of hydrogen-bond acceptors (Lipinski definition) is 3. The van der Waals surface area contributed by atoms with Gasteiger partial charge in [0.25, 0.3) is 0 Å². The molecule has 1 atom stereocenters. The second-order valence-corrected chi connectivity index (χ2v) is 5.97. The van der Waals surface area contributed by atoms with Gasteiger partial charge in [-0.25, -0.2) is 0 Å². The fraction of sp³-hybridized carbons (Fsp3) is 0.625. The van der Waals surface area contributed by atoms with Crippen molar-refractivity contribution in [1.82, 2.24) is 5.32 Å². The highest BCUT2D eigenvalue weighted by atomic mass is 16.5. The van der Waals surface area contributed by atoms with Crippen molar-refractivity contribution in [2.45, 2.75) is 58.3 Å². The van der Waals surface area contributed by atoms with Crippen molar-refractivity contribution in [2.24, 2.45) is 0 Å². The summed E-state index contributed by atoms with van der Waals surface area (Å²) in [7, 11) is 0. The first kappa shape index (κ1) is 14.4. The van der Waals surface area contributed by atoms with Gasteiger partial charge in [-0.15, -0.1) is 0 Å². The molecule has 106 valence electrons. The minimum absolute atomic E-state index is 0.0865. The zero-order valence-corrected chi connectivity index (χ0v) is 12.2. The second kappa shape index (κ2) is 5.93. The Bertz CT molecular complexity index is 429. The van der Waals surface area contributed by atoms with Crippen molar-refractivity contribution < 1.29 is 9.84 Å². The average molecular weight is 263 g/mol. The Hall–Kier alpha value is -1.06. The molecule has 1 aromatic rings. The molecule has 0 saturated carbocycles. The smallest absolute Gasteiger partial charge is 0.127 e. The molecule has 0 radical (unpaired) electrons. The second-order valence-electron chi connectivity index (χ2n) is 5.97. The summed E-state index contributed by atoms with van der Waals surface area (Å²) in [5.74, 6) is 1.05. The fourth-order valence-electron chi connectivity index (χ4n) is 2.51. The lowest BCUT2D eigenvalue weighted by atomic mass is 10.0. The maximum absolute atomic E-state index is 9.51. The van der Waals surface area contributed by atoms with Gasteiger partial charge in [0.05, 0.1) is 6.10 Å². The molecule has 1 unspecified atom stereocenters. The maximum atomic E-state index is 9.51. The lowest BCUT2D eigenvalue weighted by molar-refractivity contribution is 0.137. The van der Waals surface area contributed by atoms with Crippen molar-refractivity contribution in [3.05, 3.63) is 29.3 Å². The van der Waals surface area contributed by atoms with E-state index in [0.717, 1.165) is 38.1 Å². The van der Waals surface area contributed by atoms with Crippen LogP contribution in [0.3, 0.4) is 0 Å². The highest BCUT2D eigenvalue weighted by Gasteiger charge is 2.31. The van der Waals surface area contributed by atoms with Crippen LogP contribution < -0.4 is 10.1 Å². The molecule has 0 spiro atoms. The molecule has 1 heterocycles. The molecule has 0 aliphatic carbocycles. The van der Waals surface area contributed by atoms with E-state index in [2.05, 4.69) is 37.4 Å². The molecule has 19 heavy (non-hydrogen) atoms. The molecule has 0 fully saturated rings. The van der Waals surface area contributed by atoms with Crippen LogP contribution in [0, 0.1) is 0 Å². The van der Waals surface area contributed by atoms with Crippen molar-refractivity contribution in [1.29, 1.82) is 0 Å². The lowest BCUT2D eigenvalue weighted by Crippen LogP contribution is -2.25. The fourth-order valence-corrected chi connectivity index (χ4v) is 2.51. The average Bonchev–Trinajstić information content (AvgIpc) is 2.68. The quantitative estimate of drug-likeness (QED) is 0.775. The molecule has 0 amide bonds. The van der Waals surface area contributed by atoms with Crippen LogP contribution in [0.25, 0.3) is 0 Å². The van der Waals surface area contributed by atoms with Crippen LogP contribution in [0.4, 0.5) is 0 Å². The standard InChI is InChI=1S/C16H25NO2/c1-4-14(18)8-9-17-11-13-7-5-6-12-10-16(2,3)19-15(12)13/h5-7,14,17-18H,4,8-11H2,1-3H3. The number of aliphatic hydroxyl groups excluding tert-OH is 1. The van der Waals surface area contributed by atoms with E-state index in [0.29, 0.717) is 0 Å². The molecule has 0 bridgehead atoms. The van der Waals surface area contributed by atoms with Crippen molar-refractivity contribution in [3.63, 3.8) is 0 Å². The van der Waals surface area contributed by atoms with Crippen LogP contribution in [0.5, 0.6) is 5.75 Å². The van der Waals surface area contributed by atoms with E-state index in [1.165, 1.54) is 11.1 Å². The molecule has 2 N–H and O–H groups in total. The van der Waals surface area contributed by atoms with Gasteiger partial charge in [-0.05, 0) is 38.8 Å². The van der Waals surface area contributed by atoms with Gasteiger partial charge in [0.2, 0.25) is 0 Å². The molecule has 1 aliphatic rings. The lowest BCUT2D eigenvalue weighted by Gasteiger charge is -2.18. The van der Waals surface area contributed by atoms with Crippen molar-refractivity contribution in [2.75, 3.05) is 6.54 Å². The number of benzene rings is 1. The third kappa shape index (κ3) is 3.71. The third-order valence-corrected chi connectivity index (χ3v) is 3.61. The van der Waals surface area contributed by atoms with Crippen LogP contribution in [-0.4, -0.2) is 23.4 Å². The van der Waals surface area contributed by atoms with Gasteiger partial charge in [-0.2, -0.15) is 0 Å². The van der Waals surface area contributed by atoms with Gasteiger partial charge >= 0.3 is 0 Å². The van der Waals surface area contributed by atoms with Gasteiger partial charge in [0, 0.05) is 18.5 Å². The number of nitrogens with one attached hydrogen (secondary N) is 1. The van der Waals surface area contributed by atoms with Crippen LogP contribution in [0.15, 0.2) is 18.2 Å². The van der Waals surface area contributed by atoms with Gasteiger partial charge < -0.3 is 15.2 Å². The number of hydrogen-bond donors (Lipinski definition) is 2. The Kier molecular flexibility index (Phi) is 4.48. The monoisotopic (exact) mass is 263 g/mol. The van der Waals surface area contributed by atoms with Crippen molar-refractivity contribution in [3.8, 4) is 5.75 Å². The molecule has 2 rings (SSSR count). The predicted molar refractivity (Wildman–Crippen MR) is 77.5 cm³/mol. The first-order valence-electron chi connectivity index (χ1n) is 7.20. The van der Waals surface area contributed by atoms with Crippen molar-refractivity contribution >= 4 is 0 Å². The van der Waals surface area contributed by atoms with E-state index >= 15 is 0 Å². The molecule has 3 nitrogen and oxygen atoms in total. The normalized spacial score (nSPS) is 17.9. The van der Waals surface area contributed by atoms with E-state index in [-0.39, 0.29) is 11.7 Å². The summed E-state index contributed by atoms with van der Waals surface area (Å²) >= 11 is 0. The largest absolute Gasteiger partial charge is 0.487 e. The Labute approximate surface area is 116 Å². The highest BCUT2D eigenvalue weighted by molar-refractivity contribution is 5.45. The number of para-hydroxylation sites is 1. The zero-order chi connectivity index (χ0) is 13.9. The van der Waals surface area contributed by atoms with Crippen LogP contribution in [-0.2, 0) is 13.0 Å². The van der Waals surface area contributed by atoms with Gasteiger partial charge in [-0.1, -0.05) is 25.1 Å². The van der Waals surface area contributed by atoms with Gasteiger partial charge in [0.15, 0.2) is 0 Å². The summed E-state index contributed by atoms with van der Waals surface area (Å²) < 4.78 is 6.04. The molecule has 3 heteroatoms. The molecule has 1 aliphatic heterocycles. The summed E-state index contributed by atoms with van der Waals surface area (Å²) in [6.45, 7) is 7.89. The summed E-state index contributed by atoms with van der Waals surface area (Å²) in [6.07, 6.45) is 2.41. The first-order valence-corrected chi connectivity index (χ1v) is 7.20. The first-order chi connectivity index (χ1) is 9.02. The van der Waals surface area contributed by atoms with Crippen LogP contribution in [0.1, 0.15) is 44.7 Å². The summed E-state index contributed by atoms with van der Waals surface area (Å²) in [6, 6.07) is 6.36. The summed E-state index contributed by atoms with van der Waals surface area (Å²) in [4.78, 5) is 0. The topological polar surface area (TPSA) is 41.5 Å². The molecule has 0 saturated heterocycles. The SMILES string of the molecule is CCC(O)CCNCc1cccc2c1OC(C)(C)C2. The predicted octanol–water partition coefficient (Wildman–Crippen LogP) is 2.65. The van der Waals surface area contributed by atoms with E-state index in [1.807, 2.05) is 6.92 Å². The number of rotatable bonds is 6. The third-order valence-electron chi connectivity index (χ3n) is 3.61. The van der Waals surface area contributed by atoms with E-state index < -0.39 is 0 Å². The Morgan fingerprint density at radius 3 is 2.95 bits per heavy atom. The Morgan fingerprint density at radius 1 is 1.42 bits per heavy atom. The van der Waals surface area contributed by atoms with E-state index in [1.54, 1.807) is 0 Å². The Balaban J connectivity index is 1.91. The molecular formula is C16H25NO2. The number of ether oxygens (including phenoxy) is 1. The summed E-state index contributed by atoms with van der Waals surface area (Å²) in [5, 5.41) is 12.9. The minimum Gasteiger partial charge on any atom is -0.487 e. The van der Waals surface area contributed by atoms with Crippen LogP contribution in [0.2, 0.25) is 0 Å². The maximum Gasteiger partial charge on any atom is 0.127 e. The minimum atomic E-state index is -0.191. The highest BCUT2D eigenvalue weighted by Crippen LogP contribution is 2.37. The number of fused-ring (bicyclic) bond motifs is 1. The van der Waals surface area contributed by atoms with Gasteiger partial charge in [-0.3, -0.25) is 0 Å². The van der Waals surface area contributed by atoms with E-state index in [4.69, 9.17) is 4.74 Å². The number of aliphatic hydroxyl groups is 1. The Morgan fingerprint density at radius 2 is 2.21 bits per heavy atom. The molecule has 0 aromatic heterocycles. The molecule has 1 aromatic carbocycles. The zero-order valence-electron chi connectivity index (χ0n) is 12.2. The van der Waals surface area contributed by atoms with Crippen LogP contribution >= 0.6 is 0 Å². The summed E-state index contributed by atoms with van der Waals surface area (Å²) in [5.41, 5.74) is 2.43.